The molecular formula is C13H20N4O3S. The van der Waals surface area contributed by atoms with Gasteiger partial charge in [0.1, 0.15) is 4.90 Å². The van der Waals surface area contributed by atoms with E-state index >= 15 is 0 Å². The van der Waals surface area contributed by atoms with Gasteiger partial charge in [0.05, 0.1) is 11.6 Å². The predicted molar refractivity (Wildman–Crippen MR) is 81.0 cm³/mol. The number of benzene rings is 1. The number of nitrogen functional groups attached to an aromatic ring is 1. The van der Waals surface area contributed by atoms with Gasteiger partial charge >= 0.3 is 0 Å². The van der Waals surface area contributed by atoms with Crippen molar-refractivity contribution in [1.82, 2.24) is 0 Å². The van der Waals surface area contributed by atoms with Gasteiger partial charge < -0.3 is 16.4 Å². The Morgan fingerprint density at radius 2 is 2.00 bits per heavy atom. The summed E-state index contributed by atoms with van der Waals surface area (Å²) in [6.45, 7) is 2.35. The quantitative estimate of drug-likeness (QED) is 0.676. The minimum atomic E-state index is -3.90. The Balaban J connectivity index is 2.47. The number of hydrogen-bond acceptors (Lipinski definition) is 5. The molecule has 1 aliphatic heterocycles. The van der Waals surface area contributed by atoms with Crippen molar-refractivity contribution < 1.29 is 13.2 Å². The number of rotatable bonds is 3. The van der Waals surface area contributed by atoms with E-state index in [1.54, 1.807) is 12.1 Å². The van der Waals surface area contributed by atoms with Crippen LogP contribution < -0.4 is 21.5 Å². The highest BCUT2D eigenvalue weighted by Crippen LogP contribution is 2.33. The van der Waals surface area contributed by atoms with Crippen molar-refractivity contribution in [2.24, 2.45) is 16.8 Å². The van der Waals surface area contributed by atoms with Gasteiger partial charge in [-0.05, 0) is 38.0 Å². The molecule has 0 spiro atoms. The lowest BCUT2D eigenvalue weighted by molar-refractivity contribution is -0.122. The average Bonchev–Trinajstić information content (AvgIpc) is 2.38. The topological polar surface area (TPSA) is 133 Å². The van der Waals surface area contributed by atoms with Crippen LogP contribution in [0, 0.1) is 5.92 Å². The normalized spacial score (nSPS) is 23.0. The second-order valence-corrected chi connectivity index (χ2v) is 6.98. The number of hydrogen-bond donors (Lipinski definition) is 3. The zero-order chi connectivity index (χ0) is 15.8. The van der Waals surface area contributed by atoms with Gasteiger partial charge in [-0.25, -0.2) is 13.6 Å². The molecule has 21 heavy (non-hydrogen) atoms. The molecule has 1 aromatic carbocycles. The van der Waals surface area contributed by atoms with Crippen LogP contribution in [0.4, 0.5) is 11.4 Å². The van der Waals surface area contributed by atoms with Gasteiger partial charge in [0.25, 0.3) is 0 Å². The highest BCUT2D eigenvalue weighted by molar-refractivity contribution is 7.89. The SMILES string of the molecule is CC1CCC(C(N)=O)CN1c1ccc(N)cc1S(N)(=O)=O. The summed E-state index contributed by atoms with van der Waals surface area (Å²) < 4.78 is 23.5. The third kappa shape index (κ3) is 3.27. The summed E-state index contributed by atoms with van der Waals surface area (Å²) in [6, 6.07) is 4.66. The maximum atomic E-state index is 11.8. The number of anilines is 2. The van der Waals surface area contributed by atoms with Crippen molar-refractivity contribution in [1.29, 1.82) is 0 Å². The van der Waals surface area contributed by atoms with Crippen molar-refractivity contribution in [2.75, 3.05) is 17.2 Å². The summed E-state index contributed by atoms with van der Waals surface area (Å²) >= 11 is 0. The maximum absolute atomic E-state index is 11.8. The standard InChI is InChI=1S/C13H20N4O3S/c1-8-2-3-9(13(15)18)7-17(8)11-5-4-10(14)6-12(11)21(16,19)20/h4-6,8-9H,2-3,7,14H2,1H3,(H2,15,18)(H2,16,19,20). The molecule has 6 N–H and O–H groups in total. The van der Waals surface area contributed by atoms with Crippen molar-refractivity contribution in [3.63, 3.8) is 0 Å². The Hall–Kier alpha value is -1.80. The van der Waals surface area contributed by atoms with Crippen LogP contribution in [-0.4, -0.2) is 26.9 Å². The van der Waals surface area contributed by atoms with Crippen molar-refractivity contribution in [3.05, 3.63) is 18.2 Å². The van der Waals surface area contributed by atoms with Gasteiger partial charge in [0, 0.05) is 18.3 Å². The van der Waals surface area contributed by atoms with Gasteiger partial charge in [-0.1, -0.05) is 0 Å². The minimum Gasteiger partial charge on any atom is -0.399 e. The summed E-state index contributed by atoms with van der Waals surface area (Å²) in [5.74, 6) is -0.674. The first kappa shape index (κ1) is 15.6. The van der Waals surface area contributed by atoms with Crippen LogP contribution in [0.1, 0.15) is 19.8 Å². The fourth-order valence-corrected chi connectivity index (χ4v) is 3.45. The summed E-state index contributed by atoms with van der Waals surface area (Å²) in [5.41, 5.74) is 11.8. The first-order valence-electron chi connectivity index (χ1n) is 6.68. The molecule has 0 saturated carbocycles. The second kappa shape index (κ2) is 5.53. The molecule has 0 aliphatic carbocycles. The highest BCUT2D eigenvalue weighted by Gasteiger charge is 2.31. The Morgan fingerprint density at radius 1 is 1.33 bits per heavy atom. The van der Waals surface area contributed by atoms with Crippen LogP contribution >= 0.6 is 0 Å². The Labute approximate surface area is 124 Å². The summed E-state index contributed by atoms with van der Waals surface area (Å²) in [7, 11) is -3.90. The van der Waals surface area contributed by atoms with Crippen LogP contribution in [0.2, 0.25) is 0 Å². The molecule has 7 nitrogen and oxygen atoms in total. The molecule has 0 aromatic heterocycles. The van der Waals surface area contributed by atoms with E-state index in [2.05, 4.69) is 0 Å². The molecule has 1 saturated heterocycles. The number of piperidine rings is 1. The molecule has 8 heteroatoms. The van der Waals surface area contributed by atoms with Gasteiger partial charge in [0.2, 0.25) is 15.9 Å². The van der Waals surface area contributed by atoms with Crippen molar-refractivity contribution in [3.8, 4) is 0 Å². The van der Waals surface area contributed by atoms with E-state index in [1.807, 2.05) is 11.8 Å². The maximum Gasteiger partial charge on any atom is 0.240 e. The van der Waals surface area contributed by atoms with Gasteiger partial charge in [-0.2, -0.15) is 0 Å². The number of carbonyl (C=O) groups is 1. The number of nitrogens with two attached hydrogens (primary N) is 3. The Kier molecular flexibility index (Phi) is 4.11. The largest absolute Gasteiger partial charge is 0.399 e. The van der Waals surface area contributed by atoms with E-state index in [0.717, 1.165) is 6.42 Å². The lowest BCUT2D eigenvalue weighted by Gasteiger charge is -2.39. The van der Waals surface area contributed by atoms with E-state index in [9.17, 15) is 13.2 Å². The van der Waals surface area contributed by atoms with E-state index in [4.69, 9.17) is 16.6 Å². The second-order valence-electron chi connectivity index (χ2n) is 5.45. The molecular weight excluding hydrogens is 292 g/mol. The van der Waals surface area contributed by atoms with Crippen molar-refractivity contribution in [2.45, 2.75) is 30.7 Å². The number of amides is 1. The fraction of sp³-hybridized carbons (Fsp3) is 0.462. The van der Waals surface area contributed by atoms with E-state index in [1.165, 1.54) is 6.07 Å². The van der Waals surface area contributed by atoms with Gasteiger partial charge in [0.15, 0.2) is 0 Å². The highest BCUT2D eigenvalue weighted by atomic mass is 32.2. The van der Waals surface area contributed by atoms with Gasteiger partial charge in [-0.3, -0.25) is 4.79 Å². The molecule has 1 aliphatic rings. The van der Waals surface area contributed by atoms with Crippen molar-refractivity contribution >= 4 is 27.3 Å². The molecule has 1 heterocycles. The number of primary sulfonamides is 1. The predicted octanol–water partition coefficient (Wildman–Crippen LogP) is 0.00640. The molecule has 2 unspecified atom stereocenters. The fourth-order valence-electron chi connectivity index (χ4n) is 2.67. The number of sulfonamides is 1. The molecule has 1 amide bonds. The van der Waals surface area contributed by atoms with Crippen LogP contribution in [0.3, 0.4) is 0 Å². The molecule has 2 rings (SSSR count). The summed E-state index contributed by atoms with van der Waals surface area (Å²) in [4.78, 5) is 13.2. The van der Waals surface area contributed by atoms with Gasteiger partial charge in [-0.15, -0.1) is 0 Å². The molecule has 2 atom stereocenters. The number of carbonyl (C=O) groups excluding carboxylic acids is 1. The molecule has 1 aromatic rings. The Bertz CT molecular complexity index is 659. The summed E-state index contributed by atoms with van der Waals surface area (Å²) in [5, 5.41) is 5.27. The first-order valence-corrected chi connectivity index (χ1v) is 8.23. The van der Waals surface area contributed by atoms with Crippen LogP contribution in [0.5, 0.6) is 0 Å². The molecule has 1 fully saturated rings. The number of nitrogens with zero attached hydrogens (tertiary/aromatic N) is 1. The van der Waals surface area contributed by atoms with E-state index in [-0.39, 0.29) is 22.8 Å². The Morgan fingerprint density at radius 3 is 2.57 bits per heavy atom. The zero-order valence-electron chi connectivity index (χ0n) is 11.8. The molecule has 0 bridgehead atoms. The third-order valence-electron chi connectivity index (χ3n) is 3.88. The first-order chi connectivity index (χ1) is 9.70. The van der Waals surface area contributed by atoms with Crippen LogP contribution in [0.25, 0.3) is 0 Å². The lowest BCUT2D eigenvalue weighted by atomic mass is 9.92. The van der Waals surface area contributed by atoms with Crippen LogP contribution in [0.15, 0.2) is 23.1 Å². The van der Waals surface area contributed by atoms with Crippen LogP contribution in [-0.2, 0) is 14.8 Å². The lowest BCUT2D eigenvalue weighted by Crippen LogP contribution is -2.46. The summed E-state index contributed by atoms with van der Waals surface area (Å²) in [6.07, 6.45) is 1.45. The third-order valence-corrected chi connectivity index (χ3v) is 4.82. The van der Waals surface area contributed by atoms with E-state index in [0.29, 0.717) is 24.3 Å². The molecule has 0 radical (unpaired) electrons. The average molecular weight is 312 g/mol. The minimum absolute atomic E-state index is 0.0283. The zero-order valence-corrected chi connectivity index (χ0v) is 12.6. The van der Waals surface area contributed by atoms with E-state index < -0.39 is 10.0 Å². The molecule has 116 valence electrons. The smallest absolute Gasteiger partial charge is 0.240 e. The number of primary amides is 1. The monoisotopic (exact) mass is 312 g/mol.